The van der Waals surface area contributed by atoms with Gasteiger partial charge in [0.2, 0.25) is 0 Å². The van der Waals surface area contributed by atoms with Crippen LogP contribution >= 0.6 is 0 Å². The maximum atomic E-state index is 10.2. The van der Waals surface area contributed by atoms with E-state index in [4.69, 9.17) is 0 Å². The zero-order valence-corrected chi connectivity index (χ0v) is 5.34. The van der Waals surface area contributed by atoms with E-state index in [0.717, 1.165) is 0 Å². The SMILES string of the molecule is COC(=O)COC(C)=O. The molecule has 0 aliphatic heterocycles. The predicted molar refractivity (Wildman–Crippen MR) is 28.6 cm³/mol. The smallest absolute Gasteiger partial charge is 0.344 e. The van der Waals surface area contributed by atoms with Crippen molar-refractivity contribution in [2.45, 2.75) is 6.92 Å². The Labute approximate surface area is 52.7 Å². The molecule has 0 heterocycles. The molecule has 0 fully saturated rings. The number of rotatable bonds is 2. The number of hydrogen-bond acceptors (Lipinski definition) is 4. The van der Waals surface area contributed by atoms with E-state index in [-0.39, 0.29) is 6.61 Å². The quantitative estimate of drug-likeness (QED) is 0.485. The first kappa shape index (κ1) is 7.94. The lowest BCUT2D eigenvalue weighted by atomic mass is 10.7. The molecular formula is C5H8O4. The van der Waals surface area contributed by atoms with Crippen LogP contribution in [-0.4, -0.2) is 25.7 Å². The summed E-state index contributed by atoms with van der Waals surface area (Å²) in [4.78, 5) is 20.3. The topological polar surface area (TPSA) is 52.6 Å². The van der Waals surface area contributed by atoms with Crippen molar-refractivity contribution in [3.8, 4) is 0 Å². The van der Waals surface area contributed by atoms with E-state index < -0.39 is 11.9 Å². The maximum Gasteiger partial charge on any atom is 0.344 e. The Morgan fingerprint density at radius 2 is 2.00 bits per heavy atom. The highest BCUT2D eigenvalue weighted by Crippen LogP contribution is 1.78. The molecule has 0 rings (SSSR count). The minimum atomic E-state index is -0.551. The molecule has 0 aromatic carbocycles. The van der Waals surface area contributed by atoms with Gasteiger partial charge in [0.25, 0.3) is 0 Å². The average molecular weight is 132 g/mol. The summed E-state index contributed by atoms with van der Waals surface area (Å²) in [5, 5.41) is 0. The second-order valence-corrected chi connectivity index (χ2v) is 1.36. The van der Waals surface area contributed by atoms with E-state index in [2.05, 4.69) is 9.47 Å². The van der Waals surface area contributed by atoms with Crippen molar-refractivity contribution < 1.29 is 19.1 Å². The summed E-state index contributed by atoms with van der Waals surface area (Å²) in [6.45, 7) is 0.925. The van der Waals surface area contributed by atoms with Crippen LogP contribution in [-0.2, 0) is 19.1 Å². The highest BCUT2D eigenvalue weighted by atomic mass is 16.6. The van der Waals surface area contributed by atoms with Gasteiger partial charge < -0.3 is 9.47 Å². The molecule has 0 unspecified atom stereocenters. The van der Waals surface area contributed by atoms with Crippen LogP contribution in [0, 0.1) is 0 Å². The van der Waals surface area contributed by atoms with Gasteiger partial charge in [-0.2, -0.15) is 0 Å². The van der Waals surface area contributed by atoms with Gasteiger partial charge in [0, 0.05) is 6.92 Å². The maximum absolute atomic E-state index is 10.2. The van der Waals surface area contributed by atoms with Crippen molar-refractivity contribution >= 4 is 11.9 Å². The van der Waals surface area contributed by atoms with Crippen molar-refractivity contribution in [3.63, 3.8) is 0 Å². The van der Waals surface area contributed by atoms with E-state index in [1.807, 2.05) is 0 Å². The lowest BCUT2D eigenvalue weighted by molar-refractivity contribution is -0.155. The molecule has 0 N–H and O–H groups in total. The van der Waals surface area contributed by atoms with E-state index in [9.17, 15) is 9.59 Å². The number of esters is 2. The fourth-order valence-corrected chi connectivity index (χ4v) is 0.219. The molecule has 0 bridgehead atoms. The third-order valence-corrected chi connectivity index (χ3v) is 0.621. The molecule has 9 heavy (non-hydrogen) atoms. The number of carbonyl (C=O) groups excluding carboxylic acids is 2. The first-order valence-corrected chi connectivity index (χ1v) is 2.37. The molecule has 0 saturated heterocycles. The molecule has 0 saturated carbocycles. The largest absolute Gasteiger partial charge is 0.466 e. The molecule has 52 valence electrons. The summed E-state index contributed by atoms with van der Waals surface area (Å²) in [7, 11) is 1.23. The molecule has 0 spiro atoms. The van der Waals surface area contributed by atoms with Gasteiger partial charge in [-0.05, 0) is 0 Å². The van der Waals surface area contributed by atoms with Gasteiger partial charge in [-0.3, -0.25) is 4.79 Å². The van der Waals surface area contributed by atoms with Gasteiger partial charge in [-0.25, -0.2) is 4.79 Å². The lowest BCUT2D eigenvalue weighted by Gasteiger charge is -1.97. The van der Waals surface area contributed by atoms with Gasteiger partial charge in [0.15, 0.2) is 6.61 Å². The molecule has 0 radical (unpaired) electrons. The summed E-state index contributed by atoms with van der Waals surface area (Å²) in [5.74, 6) is -1.04. The van der Waals surface area contributed by atoms with Crippen LogP contribution in [0.1, 0.15) is 6.92 Å². The second kappa shape index (κ2) is 3.88. The van der Waals surface area contributed by atoms with Crippen LogP contribution in [0.4, 0.5) is 0 Å². The Bertz CT molecular complexity index is 118. The first-order chi connectivity index (χ1) is 4.16. The van der Waals surface area contributed by atoms with Crippen molar-refractivity contribution in [2.24, 2.45) is 0 Å². The molecule has 0 atom stereocenters. The van der Waals surface area contributed by atoms with Crippen LogP contribution in [0.25, 0.3) is 0 Å². The monoisotopic (exact) mass is 132 g/mol. The minimum absolute atomic E-state index is 0.300. The molecule has 4 nitrogen and oxygen atoms in total. The Kier molecular flexibility index (Phi) is 3.43. The highest BCUT2D eigenvalue weighted by Gasteiger charge is 2.00. The van der Waals surface area contributed by atoms with E-state index in [1.54, 1.807) is 0 Å². The molecule has 4 heteroatoms. The van der Waals surface area contributed by atoms with Crippen LogP contribution in [0.3, 0.4) is 0 Å². The second-order valence-electron chi connectivity index (χ2n) is 1.36. The Hall–Kier alpha value is -1.06. The van der Waals surface area contributed by atoms with Gasteiger partial charge in [-0.1, -0.05) is 0 Å². The molecule has 0 amide bonds. The van der Waals surface area contributed by atoms with E-state index >= 15 is 0 Å². The van der Waals surface area contributed by atoms with Gasteiger partial charge in [0.1, 0.15) is 0 Å². The number of ether oxygens (including phenoxy) is 2. The average Bonchev–Trinajstić information content (AvgIpc) is 1.83. The fourth-order valence-electron chi connectivity index (χ4n) is 0.219. The van der Waals surface area contributed by atoms with E-state index in [1.165, 1.54) is 14.0 Å². The number of carbonyl (C=O) groups is 2. The van der Waals surface area contributed by atoms with Crippen molar-refractivity contribution in [1.82, 2.24) is 0 Å². The Morgan fingerprint density at radius 3 is 2.33 bits per heavy atom. The summed E-state index contributed by atoms with van der Waals surface area (Å²) in [6.07, 6.45) is 0. The summed E-state index contributed by atoms with van der Waals surface area (Å²) >= 11 is 0. The molecule has 0 aliphatic rings. The number of methoxy groups -OCH3 is 1. The first-order valence-electron chi connectivity index (χ1n) is 2.37. The fraction of sp³-hybridized carbons (Fsp3) is 0.600. The van der Waals surface area contributed by atoms with Crippen LogP contribution < -0.4 is 0 Å². The third kappa shape index (κ3) is 4.80. The molecule has 0 aromatic heterocycles. The third-order valence-electron chi connectivity index (χ3n) is 0.621. The van der Waals surface area contributed by atoms with E-state index in [0.29, 0.717) is 0 Å². The summed E-state index contributed by atoms with van der Waals surface area (Å²) in [6, 6.07) is 0. The highest BCUT2D eigenvalue weighted by molar-refractivity contribution is 5.74. The molecule has 0 aromatic rings. The lowest BCUT2D eigenvalue weighted by Crippen LogP contribution is -2.12. The minimum Gasteiger partial charge on any atom is -0.466 e. The zero-order chi connectivity index (χ0) is 7.28. The van der Waals surface area contributed by atoms with Gasteiger partial charge in [0.05, 0.1) is 7.11 Å². The van der Waals surface area contributed by atoms with Crippen LogP contribution in [0.15, 0.2) is 0 Å². The van der Waals surface area contributed by atoms with Crippen molar-refractivity contribution in [2.75, 3.05) is 13.7 Å². The van der Waals surface area contributed by atoms with Gasteiger partial charge >= 0.3 is 11.9 Å². The van der Waals surface area contributed by atoms with Crippen LogP contribution in [0.5, 0.6) is 0 Å². The Morgan fingerprint density at radius 1 is 1.44 bits per heavy atom. The Balaban J connectivity index is 3.28. The molecular weight excluding hydrogens is 124 g/mol. The normalized spacial score (nSPS) is 8.22. The standard InChI is InChI=1S/C5H8O4/c1-4(6)9-3-5(7)8-2/h3H2,1-2H3. The van der Waals surface area contributed by atoms with Gasteiger partial charge in [-0.15, -0.1) is 0 Å². The summed E-state index contributed by atoms with van der Waals surface area (Å²) in [5.41, 5.74) is 0. The van der Waals surface area contributed by atoms with Crippen molar-refractivity contribution in [3.05, 3.63) is 0 Å². The zero-order valence-electron chi connectivity index (χ0n) is 5.34. The number of hydrogen-bond donors (Lipinski definition) is 0. The summed E-state index contributed by atoms with van der Waals surface area (Å²) < 4.78 is 8.47. The molecule has 0 aliphatic carbocycles. The van der Waals surface area contributed by atoms with Crippen LogP contribution in [0.2, 0.25) is 0 Å². The van der Waals surface area contributed by atoms with Crippen molar-refractivity contribution in [1.29, 1.82) is 0 Å². The predicted octanol–water partition coefficient (Wildman–Crippen LogP) is -0.278.